The number of rotatable bonds is 6. The van der Waals surface area contributed by atoms with Gasteiger partial charge in [0.2, 0.25) is 0 Å². The Bertz CT molecular complexity index is 693. The first-order valence-electron chi connectivity index (χ1n) is 13.5. The van der Waals surface area contributed by atoms with Crippen LogP contribution in [0.2, 0.25) is 0 Å². The molecule has 0 heterocycles. The predicted octanol–water partition coefficient (Wildman–Crippen LogP) is 7.96. The third-order valence-corrected chi connectivity index (χ3v) is 10.6. The summed E-state index contributed by atoms with van der Waals surface area (Å²) in [6.07, 6.45) is 17.2. The summed E-state index contributed by atoms with van der Waals surface area (Å²) < 4.78 is 5.61. The third-order valence-electron chi connectivity index (χ3n) is 10.6. The molecular formula is C29H48O2. The second-order valence-electron chi connectivity index (χ2n) is 12.8. The highest BCUT2D eigenvalue weighted by molar-refractivity contribution is 5.66. The van der Waals surface area contributed by atoms with Crippen LogP contribution < -0.4 is 0 Å². The number of carbonyl (C=O) groups is 1. The van der Waals surface area contributed by atoms with Gasteiger partial charge in [-0.15, -0.1) is 0 Å². The van der Waals surface area contributed by atoms with E-state index >= 15 is 0 Å². The molecule has 0 saturated heterocycles. The van der Waals surface area contributed by atoms with Gasteiger partial charge in [-0.2, -0.15) is 0 Å². The second kappa shape index (κ2) is 8.86. The van der Waals surface area contributed by atoms with Crippen molar-refractivity contribution in [2.24, 2.45) is 46.3 Å². The van der Waals surface area contributed by atoms with Gasteiger partial charge >= 0.3 is 5.97 Å². The minimum absolute atomic E-state index is 0.115. The van der Waals surface area contributed by atoms with E-state index < -0.39 is 0 Å². The van der Waals surface area contributed by atoms with Crippen LogP contribution in [-0.4, -0.2) is 12.1 Å². The molecule has 4 aliphatic carbocycles. The van der Waals surface area contributed by atoms with Gasteiger partial charge in [0.1, 0.15) is 6.10 Å². The molecule has 4 aliphatic rings. The molecule has 3 saturated carbocycles. The predicted molar refractivity (Wildman–Crippen MR) is 129 cm³/mol. The van der Waals surface area contributed by atoms with Crippen LogP contribution in [0.25, 0.3) is 0 Å². The lowest BCUT2D eigenvalue weighted by molar-refractivity contribution is -0.148. The fraction of sp³-hybridized carbons (Fsp3) is 0.897. The van der Waals surface area contributed by atoms with Crippen molar-refractivity contribution in [2.45, 2.75) is 118 Å². The Morgan fingerprint density at radius 1 is 1.06 bits per heavy atom. The summed E-state index contributed by atoms with van der Waals surface area (Å²) in [5, 5.41) is 0. The molecule has 0 aromatic rings. The zero-order valence-electron chi connectivity index (χ0n) is 21.2. The van der Waals surface area contributed by atoms with Crippen molar-refractivity contribution < 1.29 is 9.53 Å². The SMILES string of the molecule is CC(=O)O[C@H]1CCC2(C)C(=CC[C@@H]3[C@@H]2CC[C@]2(C)[C@@H]([C@H](C)CCCC(C)C)CC[C@@H]32)C1. The van der Waals surface area contributed by atoms with E-state index in [-0.39, 0.29) is 12.1 Å². The van der Waals surface area contributed by atoms with Gasteiger partial charge in [-0.3, -0.25) is 4.79 Å². The molecule has 8 atom stereocenters. The van der Waals surface area contributed by atoms with Crippen LogP contribution in [-0.2, 0) is 9.53 Å². The Kier molecular flexibility index (Phi) is 6.68. The standard InChI is InChI=1S/C29H48O2/c1-19(2)8-7-9-20(3)25-12-13-26-24-11-10-22-18-23(31-21(4)30)14-16-28(22,5)27(24)15-17-29(25,26)6/h10,19-20,23-27H,7-9,11-18H2,1-6H3/t20-,23+,24+,25-,26+,27+,28?,29-/m1/s1. The maximum absolute atomic E-state index is 11.5. The summed E-state index contributed by atoms with van der Waals surface area (Å²) in [7, 11) is 0. The number of allylic oxidation sites excluding steroid dienone is 1. The summed E-state index contributed by atoms with van der Waals surface area (Å²) in [4.78, 5) is 11.5. The van der Waals surface area contributed by atoms with Crippen molar-refractivity contribution in [3.05, 3.63) is 11.6 Å². The molecule has 4 rings (SSSR count). The molecule has 176 valence electrons. The Hall–Kier alpha value is -0.790. The van der Waals surface area contributed by atoms with E-state index in [2.05, 4.69) is 40.7 Å². The second-order valence-corrected chi connectivity index (χ2v) is 12.8. The van der Waals surface area contributed by atoms with E-state index in [1.807, 2.05) is 0 Å². The number of esters is 1. The molecule has 31 heavy (non-hydrogen) atoms. The molecule has 2 heteroatoms. The zero-order valence-corrected chi connectivity index (χ0v) is 21.2. The molecule has 0 aliphatic heterocycles. The van der Waals surface area contributed by atoms with Crippen LogP contribution >= 0.6 is 0 Å². The van der Waals surface area contributed by atoms with E-state index in [1.165, 1.54) is 57.8 Å². The van der Waals surface area contributed by atoms with Crippen molar-refractivity contribution in [3.8, 4) is 0 Å². The average Bonchev–Trinajstić information content (AvgIpc) is 3.05. The van der Waals surface area contributed by atoms with E-state index in [0.717, 1.165) is 48.3 Å². The maximum atomic E-state index is 11.5. The molecule has 0 aromatic carbocycles. The van der Waals surface area contributed by atoms with Crippen molar-refractivity contribution in [1.29, 1.82) is 0 Å². The van der Waals surface area contributed by atoms with E-state index in [4.69, 9.17) is 4.74 Å². The normalized spacial score (nSPS) is 42.9. The molecular weight excluding hydrogens is 380 g/mol. The Morgan fingerprint density at radius 2 is 1.84 bits per heavy atom. The summed E-state index contributed by atoms with van der Waals surface area (Å²) in [5.41, 5.74) is 2.53. The molecule has 0 amide bonds. The smallest absolute Gasteiger partial charge is 0.302 e. The summed E-state index contributed by atoms with van der Waals surface area (Å²) in [6, 6.07) is 0. The number of fused-ring (bicyclic) bond motifs is 5. The van der Waals surface area contributed by atoms with Crippen LogP contribution in [0.15, 0.2) is 11.6 Å². The number of carbonyl (C=O) groups excluding carboxylic acids is 1. The lowest BCUT2D eigenvalue weighted by Crippen LogP contribution is -2.51. The summed E-state index contributed by atoms with van der Waals surface area (Å²) >= 11 is 0. The molecule has 0 aromatic heterocycles. The first-order valence-corrected chi connectivity index (χ1v) is 13.5. The van der Waals surface area contributed by atoms with E-state index in [9.17, 15) is 4.79 Å². The van der Waals surface area contributed by atoms with E-state index in [1.54, 1.807) is 12.5 Å². The van der Waals surface area contributed by atoms with Crippen LogP contribution in [0.1, 0.15) is 112 Å². The van der Waals surface area contributed by atoms with Crippen molar-refractivity contribution in [2.75, 3.05) is 0 Å². The zero-order chi connectivity index (χ0) is 22.4. The minimum Gasteiger partial charge on any atom is -0.462 e. The van der Waals surface area contributed by atoms with Gasteiger partial charge in [0, 0.05) is 13.3 Å². The highest BCUT2D eigenvalue weighted by atomic mass is 16.5. The topological polar surface area (TPSA) is 26.3 Å². The van der Waals surface area contributed by atoms with E-state index in [0.29, 0.717) is 10.8 Å². The van der Waals surface area contributed by atoms with Gasteiger partial charge in [-0.25, -0.2) is 0 Å². The number of ether oxygens (including phenoxy) is 1. The van der Waals surface area contributed by atoms with Crippen LogP contribution in [0, 0.1) is 46.3 Å². The van der Waals surface area contributed by atoms with Crippen LogP contribution in [0.5, 0.6) is 0 Å². The largest absolute Gasteiger partial charge is 0.462 e. The molecule has 3 fully saturated rings. The Balaban J connectivity index is 1.47. The fourth-order valence-electron chi connectivity index (χ4n) is 8.99. The first-order chi connectivity index (χ1) is 14.6. The molecule has 0 spiro atoms. The van der Waals surface area contributed by atoms with Crippen LogP contribution in [0.3, 0.4) is 0 Å². The maximum Gasteiger partial charge on any atom is 0.302 e. The van der Waals surface area contributed by atoms with Crippen LogP contribution in [0.4, 0.5) is 0 Å². The Labute approximate surface area is 192 Å². The molecule has 0 N–H and O–H groups in total. The lowest BCUT2D eigenvalue weighted by atomic mass is 9.47. The van der Waals surface area contributed by atoms with Gasteiger partial charge < -0.3 is 4.74 Å². The summed E-state index contributed by atoms with van der Waals surface area (Å²) in [6.45, 7) is 14.1. The fourth-order valence-corrected chi connectivity index (χ4v) is 8.99. The van der Waals surface area contributed by atoms with Crippen molar-refractivity contribution in [1.82, 2.24) is 0 Å². The molecule has 1 unspecified atom stereocenters. The third kappa shape index (κ3) is 4.26. The van der Waals surface area contributed by atoms with Gasteiger partial charge in [-0.05, 0) is 91.3 Å². The quantitative estimate of drug-likeness (QED) is 0.317. The van der Waals surface area contributed by atoms with Gasteiger partial charge in [0.15, 0.2) is 0 Å². The number of hydrogen-bond acceptors (Lipinski definition) is 2. The minimum atomic E-state index is -0.115. The molecule has 2 nitrogen and oxygen atoms in total. The summed E-state index contributed by atoms with van der Waals surface area (Å²) in [5.74, 6) is 5.19. The van der Waals surface area contributed by atoms with Crippen molar-refractivity contribution >= 4 is 5.97 Å². The van der Waals surface area contributed by atoms with Gasteiger partial charge in [0.05, 0.1) is 0 Å². The highest BCUT2D eigenvalue weighted by Gasteiger charge is 2.59. The molecule has 0 bridgehead atoms. The van der Waals surface area contributed by atoms with Crippen molar-refractivity contribution in [3.63, 3.8) is 0 Å². The number of hydrogen-bond donors (Lipinski definition) is 0. The highest BCUT2D eigenvalue weighted by Crippen LogP contribution is 2.67. The molecule has 0 radical (unpaired) electrons. The lowest BCUT2D eigenvalue weighted by Gasteiger charge is -2.58. The first kappa shape index (κ1) is 23.4. The van der Waals surface area contributed by atoms with Gasteiger partial charge in [-0.1, -0.05) is 65.5 Å². The average molecular weight is 429 g/mol. The van der Waals surface area contributed by atoms with Gasteiger partial charge in [0.25, 0.3) is 0 Å². The Morgan fingerprint density at radius 3 is 2.55 bits per heavy atom. The monoisotopic (exact) mass is 428 g/mol.